The van der Waals surface area contributed by atoms with E-state index in [0.29, 0.717) is 25.6 Å². The molecule has 2 amide bonds. The largest absolute Gasteiger partial charge is 0.481 e. The first-order valence-electron chi connectivity index (χ1n) is 7.04. The van der Waals surface area contributed by atoms with E-state index in [9.17, 15) is 9.59 Å². The summed E-state index contributed by atoms with van der Waals surface area (Å²) in [6.07, 6.45) is 1.28. The molecule has 0 saturated carbocycles. The van der Waals surface area contributed by atoms with E-state index >= 15 is 0 Å². The van der Waals surface area contributed by atoms with Gasteiger partial charge in [0, 0.05) is 45.8 Å². The summed E-state index contributed by atoms with van der Waals surface area (Å²) in [7, 11) is 0. The van der Waals surface area contributed by atoms with Crippen molar-refractivity contribution in [3.8, 4) is 0 Å². The van der Waals surface area contributed by atoms with Crippen LogP contribution in [0, 0.1) is 5.92 Å². The van der Waals surface area contributed by atoms with Crippen LogP contribution in [0.15, 0.2) is 0 Å². The molecule has 108 valence electrons. The van der Waals surface area contributed by atoms with E-state index in [1.54, 1.807) is 0 Å². The molecule has 1 unspecified atom stereocenters. The lowest BCUT2D eigenvalue weighted by Gasteiger charge is -2.36. The van der Waals surface area contributed by atoms with Gasteiger partial charge >= 0.3 is 12.0 Å². The van der Waals surface area contributed by atoms with Gasteiger partial charge in [0.05, 0.1) is 6.42 Å². The molecule has 0 aromatic rings. The van der Waals surface area contributed by atoms with Gasteiger partial charge in [-0.15, -0.1) is 0 Å². The third kappa shape index (κ3) is 3.83. The van der Waals surface area contributed by atoms with Gasteiger partial charge in [0.15, 0.2) is 0 Å². The van der Waals surface area contributed by atoms with Gasteiger partial charge in [-0.2, -0.15) is 0 Å². The van der Waals surface area contributed by atoms with Gasteiger partial charge in [-0.25, -0.2) is 4.79 Å². The molecule has 2 saturated heterocycles. The number of aliphatic carboxylic acids is 1. The predicted molar refractivity (Wildman–Crippen MR) is 71.0 cm³/mol. The molecule has 19 heavy (non-hydrogen) atoms. The molecule has 6 heteroatoms. The lowest BCUT2D eigenvalue weighted by atomic mass is 10.2. The van der Waals surface area contributed by atoms with Crippen LogP contribution >= 0.6 is 0 Å². The molecule has 1 N–H and O–H groups in total. The average molecular weight is 269 g/mol. The normalized spacial score (nSPS) is 24.8. The highest BCUT2D eigenvalue weighted by Crippen LogP contribution is 2.17. The molecule has 2 heterocycles. The summed E-state index contributed by atoms with van der Waals surface area (Å²) in [4.78, 5) is 28.7. The summed E-state index contributed by atoms with van der Waals surface area (Å²) >= 11 is 0. The summed E-state index contributed by atoms with van der Waals surface area (Å²) in [5.74, 6) is -0.148. The first-order chi connectivity index (χ1) is 9.06. The van der Waals surface area contributed by atoms with E-state index in [4.69, 9.17) is 5.11 Å². The fraction of sp³-hybridized carbons (Fsp3) is 0.846. The van der Waals surface area contributed by atoms with Crippen molar-refractivity contribution in [1.29, 1.82) is 0 Å². The highest BCUT2D eigenvalue weighted by Gasteiger charge is 2.29. The minimum Gasteiger partial charge on any atom is -0.481 e. The van der Waals surface area contributed by atoms with Gasteiger partial charge in [-0.1, -0.05) is 6.92 Å². The number of carboxylic acid groups (broad SMARTS) is 1. The van der Waals surface area contributed by atoms with Crippen LogP contribution in [0.2, 0.25) is 0 Å². The van der Waals surface area contributed by atoms with E-state index in [2.05, 4.69) is 11.8 Å². The van der Waals surface area contributed by atoms with Gasteiger partial charge in [-0.05, 0) is 12.3 Å². The number of carboxylic acids is 1. The van der Waals surface area contributed by atoms with E-state index < -0.39 is 5.97 Å². The van der Waals surface area contributed by atoms with Crippen molar-refractivity contribution in [2.75, 3.05) is 45.8 Å². The summed E-state index contributed by atoms with van der Waals surface area (Å²) < 4.78 is 0. The molecular weight excluding hydrogens is 246 g/mol. The second-order valence-corrected chi connectivity index (χ2v) is 5.59. The molecule has 0 radical (unpaired) electrons. The number of carbonyl (C=O) groups is 2. The Bertz CT molecular complexity index is 340. The number of hydrogen-bond donors (Lipinski definition) is 1. The molecule has 2 rings (SSSR count). The second kappa shape index (κ2) is 6.23. The standard InChI is InChI=1S/C13H23N3O3/c1-11-2-5-16(10-11)13(19)15-8-6-14(7-9-15)4-3-12(17)18/h11H,2-10H2,1H3,(H,17,18). The minimum atomic E-state index is -0.760. The van der Waals surface area contributed by atoms with Gasteiger partial charge in [0.2, 0.25) is 0 Å². The van der Waals surface area contributed by atoms with Crippen molar-refractivity contribution in [3.63, 3.8) is 0 Å². The van der Waals surface area contributed by atoms with Crippen LogP contribution < -0.4 is 0 Å². The third-order valence-corrected chi connectivity index (χ3v) is 3.98. The number of likely N-dealkylation sites (tertiary alicyclic amines) is 1. The Morgan fingerprint density at radius 3 is 2.32 bits per heavy atom. The maximum Gasteiger partial charge on any atom is 0.320 e. The zero-order valence-corrected chi connectivity index (χ0v) is 11.5. The topological polar surface area (TPSA) is 64.1 Å². The Balaban J connectivity index is 1.73. The number of urea groups is 1. The van der Waals surface area contributed by atoms with Crippen molar-refractivity contribution < 1.29 is 14.7 Å². The molecule has 0 bridgehead atoms. The molecular formula is C13H23N3O3. The van der Waals surface area contributed by atoms with Crippen LogP contribution in [-0.2, 0) is 4.79 Å². The Hall–Kier alpha value is -1.30. The molecule has 2 aliphatic rings. The Labute approximate surface area is 114 Å². The molecule has 0 aromatic carbocycles. The van der Waals surface area contributed by atoms with E-state index in [-0.39, 0.29) is 12.5 Å². The van der Waals surface area contributed by atoms with Gasteiger partial charge in [0.1, 0.15) is 0 Å². The van der Waals surface area contributed by atoms with Gasteiger partial charge < -0.3 is 14.9 Å². The number of amides is 2. The van der Waals surface area contributed by atoms with Crippen molar-refractivity contribution in [2.45, 2.75) is 19.8 Å². The number of rotatable bonds is 3. The number of carbonyl (C=O) groups excluding carboxylic acids is 1. The molecule has 1 atom stereocenters. The van der Waals surface area contributed by atoms with Crippen LogP contribution in [0.3, 0.4) is 0 Å². The number of nitrogens with zero attached hydrogens (tertiary/aromatic N) is 3. The smallest absolute Gasteiger partial charge is 0.320 e. The lowest BCUT2D eigenvalue weighted by Crippen LogP contribution is -2.52. The highest BCUT2D eigenvalue weighted by molar-refractivity contribution is 5.75. The Morgan fingerprint density at radius 2 is 1.79 bits per heavy atom. The lowest BCUT2D eigenvalue weighted by molar-refractivity contribution is -0.137. The van der Waals surface area contributed by atoms with Crippen LogP contribution in [0.1, 0.15) is 19.8 Å². The van der Waals surface area contributed by atoms with Crippen LogP contribution in [0.25, 0.3) is 0 Å². The van der Waals surface area contributed by atoms with Crippen molar-refractivity contribution in [2.24, 2.45) is 5.92 Å². The van der Waals surface area contributed by atoms with Crippen molar-refractivity contribution in [3.05, 3.63) is 0 Å². The summed E-state index contributed by atoms with van der Waals surface area (Å²) in [6.45, 7) is 7.49. The van der Waals surface area contributed by atoms with Gasteiger partial charge in [0.25, 0.3) is 0 Å². The molecule has 0 spiro atoms. The summed E-state index contributed by atoms with van der Waals surface area (Å²) in [5, 5.41) is 8.65. The highest BCUT2D eigenvalue weighted by atomic mass is 16.4. The van der Waals surface area contributed by atoms with Gasteiger partial charge in [-0.3, -0.25) is 9.69 Å². The molecule has 0 aliphatic carbocycles. The summed E-state index contributed by atoms with van der Waals surface area (Å²) in [5.41, 5.74) is 0. The average Bonchev–Trinajstić information content (AvgIpc) is 2.83. The van der Waals surface area contributed by atoms with Crippen molar-refractivity contribution in [1.82, 2.24) is 14.7 Å². The number of piperazine rings is 1. The second-order valence-electron chi connectivity index (χ2n) is 5.59. The first-order valence-corrected chi connectivity index (χ1v) is 7.04. The van der Waals surface area contributed by atoms with E-state index in [1.165, 1.54) is 0 Å². The SMILES string of the molecule is CC1CCN(C(=O)N2CCN(CCC(=O)O)CC2)C1. The molecule has 2 fully saturated rings. The van der Waals surface area contributed by atoms with E-state index in [0.717, 1.165) is 32.6 Å². The monoisotopic (exact) mass is 269 g/mol. The van der Waals surface area contributed by atoms with Crippen LogP contribution in [0.5, 0.6) is 0 Å². The fourth-order valence-electron chi connectivity index (χ4n) is 2.73. The zero-order valence-electron chi connectivity index (χ0n) is 11.5. The first kappa shape index (κ1) is 14.1. The Kier molecular flexibility index (Phi) is 4.63. The van der Waals surface area contributed by atoms with Crippen molar-refractivity contribution >= 4 is 12.0 Å². The fourth-order valence-corrected chi connectivity index (χ4v) is 2.73. The van der Waals surface area contributed by atoms with Crippen LogP contribution in [0.4, 0.5) is 4.79 Å². The maximum atomic E-state index is 12.3. The molecule has 6 nitrogen and oxygen atoms in total. The quantitative estimate of drug-likeness (QED) is 0.812. The number of hydrogen-bond acceptors (Lipinski definition) is 3. The Morgan fingerprint density at radius 1 is 1.11 bits per heavy atom. The molecule has 0 aromatic heterocycles. The van der Waals surface area contributed by atoms with Crippen LogP contribution in [-0.4, -0.2) is 77.6 Å². The van der Waals surface area contributed by atoms with E-state index in [1.807, 2.05) is 9.80 Å². The third-order valence-electron chi connectivity index (χ3n) is 3.98. The zero-order chi connectivity index (χ0) is 13.8. The predicted octanol–water partition coefficient (Wildman–Crippen LogP) is 0.540. The minimum absolute atomic E-state index is 0.155. The maximum absolute atomic E-state index is 12.3. The molecule has 2 aliphatic heterocycles. The summed E-state index contributed by atoms with van der Waals surface area (Å²) in [6, 6.07) is 0.155.